The van der Waals surface area contributed by atoms with Crippen molar-refractivity contribution in [2.45, 2.75) is 32.0 Å². The molecule has 2 N–H and O–H groups in total. The average molecular weight is 472 g/mol. The second-order valence-corrected chi connectivity index (χ2v) is 9.18. The number of rotatable bonds is 8. The predicted octanol–water partition coefficient (Wildman–Crippen LogP) is 4.63. The van der Waals surface area contributed by atoms with Crippen LogP contribution in [-0.4, -0.2) is 32.3 Å². The van der Waals surface area contributed by atoms with Gasteiger partial charge in [0.25, 0.3) is 5.91 Å². The number of thioether (sulfide) groups is 1. The van der Waals surface area contributed by atoms with Crippen LogP contribution in [0.5, 0.6) is 0 Å². The molecule has 0 saturated heterocycles. The van der Waals surface area contributed by atoms with E-state index in [1.165, 1.54) is 11.8 Å². The van der Waals surface area contributed by atoms with Gasteiger partial charge in [-0.25, -0.2) is 0 Å². The summed E-state index contributed by atoms with van der Waals surface area (Å²) in [4.78, 5) is 25.0. The maximum absolute atomic E-state index is 12.7. The number of halogens is 1. The van der Waals surface area contributed by atoms with Gasteiger partial charge >= 0.3 is 0 Å². The zero-order chi connectivity index (χ0) is 23.3. The lowest BCUT2D eigenvalue weighted by atomic mass is 10.0. The van der Waals surface area contributed by atoms with E-state index in [0.717, 1.165) is 5.56 Å². The highest BCUT2D eigenvalue weighted by atomic mass is 35.5. The lowest BCUT2D eigenvalue weighted by molar-refractivity contribution is -0.113. The number of amides is 2. The van der Waals surface area contributed by atoms with Crippen molar-refractivity contribution in [2.24, 2.45) is 13.0 Å². The molecule has 3 aromatic rings. The van der Waals surface area contributed by atoms with Gasteiger partial charge in [-0.2, -0.15) is 0 Å². The lowest BCUT2D eigenvalue weighted by Gasteiger charge is -2.21. The second kappa shape index (κ2) is 10.7. The monoisotopic (exact) mass is 471 g/mol. The third-order valence-corrected chi connectivity index (χ3v) is 6.15. The molecule has 7 nitrogen and oxygen atoms in total. The van der Waals surface area contributed by atoms with Crippen LogP contribution in [-0.2, 0) is 11.8 Å². The smallest absolute Gasteiger partial charge is 0.251 e. The van der Waals surface area contributed by atoms with E-state index in [1.54, 1.807) is 36.4 Å². The molecular formula is C23H26ClN5O2S. The molecule has 0 unspecified atom stereocenters. The number of anilines is 1. The van der Waals surface area contributed by atoms with Gasteiger partial charge in [-0.05, 0) is 49.2 Å². The Hall–Kier alpha value is -2.84. The molecule has 1 aromatic heterocycles. The summed E-state index contributed by atoms with van der Waals surface area (Å²) >= 11 is 7.15. The number of carbonyl (C=O) groups excluding carboxylic acids is 2. The van der Waals surface area contributed by atoms with E-state index in [1.807, 2.05) is 44.5 Å². The maximum atomic E-state index is 12.7. The third kappa shape index (κ3) is 6.11. The van der Waals surface area contributed by atoms with Crippen LogP contribution in [0.1, 0.15) is 41.6 Å². The molecule has 32 heavy (non-hydrogen) atoms. The quantitative estimate of drug-likeness (QED) is 0.467. The molecule has 0 saturated carbocycles. The minimum absolute atomic E-state index is 0.0957. The van der Waals surface area contributed by atoms with Crippen molar-refractivity contribution in [2.75, 3.05) is 11.1 Å². The molecule has 9 heteroatoms. The van der Waals surface area contributed by atoms with Gasteiger partial charge in [-0.3, -0.25) is 9.59 Å². The molecule has 2 aromatic carbocycles. The summed E-state index contributed by atoms with van der Waals surface area (Å²) in [6.07, 6.45) is 0. The summed E-state index contributed by atoms with van der Waals surface area (Å²) in [7, 11) is 1.84. The van der Waals surface area contributed by atoms with Crippen LogP contribution in [0.3, 0.4) is 0 Å². The van der Waals surface area contributed by atoms with Crippen molar-refractivity contribution in [3.05, 3.63) is 70.5 Å². The molecule has 0 aliphatic rings. The van der Waals surface area contributed by atoms with Gasteiger partial charge in [0.1, 0.15) is 0 Å². The van der Waals surface area contributed by atoms with Crippen LogP contribution in [0.2, 0.25) is 5.02 Å². The Bertz CT molecular complexity index is 1080. The van der Waals surface area contributed by atoms with Crippen molar-refractivity contribution in [3.63, 3.8) is 0 Å². The Balaban J connectivity index is 1.65. The second-order valence-electron chi connectivity index (χ2n) is 7.80. The summed E-state index contributed by atoms with van der Waals surface area (Å²) in [5.41, 5.74) is 2.37. The summed E-state index contributed by atoms with van der Waals surface area (Å²) in [6, 6.07) is 14.0. The van der Waals surface area contributed by atoms with Crippen LogP contribution in [0.4, 0.5) is 5.69 Å². The number of hydrogen-bond acceptors (Lipinski definition) is 5. The average Bonchev–Trinajstić information content (AvgIpc) is 3.12. The minimum atomic E-state index is -0.321. The molecule has 2 amide bonds. The molecule has 0 bridgehead atoms. The molecule has 0 aliphatic carbocycles. The number of hydrogen-bond donors (Lipinski definition) is 2. The van der Waals surface area contributed by atoms with Gasteiger partial charge in [-0.1, -0.05) is 54.9 Å². The molecule has 1 heterocycles. The van der Waals surface area contributed by atoms with Crippen LogP contribution < -0.4 is 10.6 Å². The normalized spacial score (nSPS) is 11.9. The predicted molar refractivity (Wildman–Crippen MR) is 128 cm³/mol. The maximum Gasteiger partial charge on any atom is 0.251 e. The van der Waals surface area contributed by atoms with Crippen molar-refractivity contribution in [1.29, 1.82) is 0 Å². The van der Waals surface area contributed by atoms with Gasteiger partial charge in [0, 0.05) is 23.3 Å². The van der Waals surface area contributed by atoms with Crippen LogP contribution >= 0.6 is 23.4 Å². The largest absolute Gasteiger partial charge is 0.342 e. The number of benzene rings is 2. The Kier molecular flexibility index (Phi) is 7.93. The van der Waals surface area contributed by atoms with E-state index in [2.05, 4.69) is 20.8 Å². The summed E-state index contributed by atoms with van der Waals surface area (Å²) < 4.78 is 1.82. The molecular weight excluding hydrogens is 446 g/mol. The highest BCUT2D eigenvalue weighted by Crippen LogP contribution is 2.25. The van der Waals surface area contributed by atoms with Crippen molar-refractivity contribution >= 4 is 40.9 Å². The lowest BCUT2D eigenvalue weighted by Crippen LogP contribution is -2.33. The first-order valence-corrected chi connectivity index (χ1v) is 11.6. The summed E-state index contributed by atoms with van der Waals surface area (Å²) in [6.45, 7) is 6.01. The fourth-order valence-corrected chi connectivity index (χ4v) is 3.89. The first-order chi connectivity index (χ1) is 15.2. The van der Waals surface area contributed by atoms with E-state index in [-0.39, 0.29) is 29.5 Å². The number of nitrogens with zero attached hydrogens (tertiary/aromatic N) is 3. The first-order valence-electron chi connectivity index (χ1n) is 10.2. The fraction of sp³-hybridized carbons (Fsp3) is 0.304. The van der Waals surface area contributed by atoms with Crippen LogP contribution in [0, 0.1) is 12.8 Å². The minimum Gasteiger partial charge on any atom is -0.342 e. The van der Waals surface area contributed by atoms with Crippen LogP contribution in [0.15, 0.2) is 53.7 Å². The molecule has 1 atom stereocenters. The topological polar surface area (TPSA) is 88.9 Å². The Morgan fingerprint density at radius 1 is 1.06 bits per heavy atom. The Labute approximate surface area is 197 Å². The molecule has 0 radical (unpaired) electrons. The highest BCUT2D eigenvalue weighted by Gasteiger charge is 2.25. The standard InChI is InChI=1S/C23H26ClN5O2S/c1-14(2)20(26-22(31)16-7-5-15(3)6-8-16)21-27-28-23(29(21)4)32-13-19(30)25-18-11-9-17(24)10-12-18/h5-12,14,20H,13H2,1-4H3,(H,25,30)(H,26,31)/t20-/m1/s1. The number of carbonyl (C=O) groups is 2. The van der Waals surface area contributed by atoms with E-state index in [4.69, 9.17) is 11.6 Å². The molecule has 3 rings (SSSR count). The van der Waals surface area contributed by atoms with Crippen LogP contribution in [0.25, 0.3) is 0 Å². The fourth-order valence-electron chi connectivity index (χ4n) is 3.04. The molecule has 0 fully saturated rings. The molecule has 0 aliphatic heterocycles. The van der Waals surface area contributed by atoms with E-state index < -0.39 is 0 Å². The highest BCUT2D eigenvalue weighted by molar-refractivity contribution is 7.99. The van der Waals surface area contributed by atoms with Crippen molar-refractivity contribution in [1.82, 2.24) is 20.1 Å². The number of nitrogens with one attached hydrogen (secondary N) is 2. The third-order valence-electron chi connectivity index (χ3n) is 4.87. The van der Waals surface area contributed by atoms with Gasteiger partial charge in [0.2, 0.25) is 5.91 Å². The molecule has 168 valence electrons. The van der Waals surface area contributed by atoms with Gasteiger partial charge in [0.15, 0.2) is 11.0 Å². The number of aromatic nitrogens is 3. The summed E-state index contributed by atoms with van der Waals surface area (Å²) in [5.74, 6) is 0.592. The Morgan fingerprint density at radius 3 is 2.34 bits per heavy atom. The van der Waals surface area contributed by atoms with Gasteiger partial charge < -0.3 is 15.2 Å². The Morgan fingerprint density at radius 2 is 1.72 bits per heavy atom. The summed E-state index contributed by atoms with van der Waals surface area (Å²) in [5, 5.41) is 15.6. The zero-order valence-electron chi connectivity index (χ0n) is 18.4. The van der Waals surface area contributed by atoms with Gasteiger partial charge in [0.05, 0.1) is 11.8 Å². The van der Waals surface area contributed by atoms with E-state index in [9.17, 15) is 9.59 Å². The van der Waals surface area contributed by atoms with Gasteiger partial charge in [-0.15, -0.1) is 10.2 Å². The number of aryl methyl sites for hydroxylation is 1. The first kappa shape index (κ1) is 23.8. The van der Waals surface area contributed by atoms with Crippen molar-refractivity contribution in [3.8, 4) is 0 Å². The van der Waals surface area contributed by atoms with Crippen molar-refractivity contribution < 1.29 is 9.59 Å². The van der Waals surface area contributed by atoms with E-state index in [0.29, 0.717) is 27.3 Å². The molecule has 0 spiro atoms. The zero-order valence-corrected chi connectivity index (χ0v) is 20.0. The van der Waals surface area contributed by atoms with E-state index >= 15 is 0 Å². The SMILES string of the molecule is Cc1ccc(C(=O)N[C@@H](c2nnc(SCC(=O)Nc3ccc(Cl)cc3)n2C)C(C)C)cc1.